The fourth-order valence-electron chi connectivity index (χ4n) is 3.64. The van der Waals surface area contributed by atoms with Crippen LogP contribution in [0.4, 0.5) is 0 Å². The summed E-state index contributed by atoms with van der Waals surface area (Å²) < 4.78 is 16.0. The lowest BCUT2D eigenvalue weighted by molar-refractivity contribution is -0.147. The van der Waals surface area contributed by atoms with Gasteiger partial charge in [0, 0.05) is 13.1 Å². The van der Waals surface area contributed by atoms with Gasteiger partial charge >= 0.3 is 5.97 Å². The summed E-state index contributed by atoms with van der Waals surface area (Å²) in [5.74, 6) is 1.04. The van der Waals surface area contributed by atoms with E-state index in [-0.39, 0.29) is 5.97 Å². The molecule has 0 saturated heterocycles. The number of hydrogen-bond acceptors (Lipinski definition) is 5. The predicted molar refractivity (Wildman–Crippen MR) is 121 cm³/mol. The van der Waals surface area contributed by atoms with Crippen molar-refractivity contribution in [1.29, 1.82) is 0 Å². The maximum atomic E-state index is 12.9. The number of benzene rings is 3. The van der Waals surface area contributed by atoms with Crippen molar-refractivity contribution in [1.82, 2.24) is 4.90 Å². The van der Waals surface area contributed by atoms with Gasteiger partial charge in [-0.2, -0.15) is 0 Å². The Morgan fingerprint density at radius 3 is 1.77 bits per heavy atom. The van der Waals surface area contributed by atoms with Crippen molar-refractivity contribution < 1.29 is 19.0 Å². The van der Waals surface area contributed by atoms with Crippen molar-refractivity contribution in [2.75, 3.05) is 21.3 Å². The van der Waals surface area contributed by atoms with Gasteiger partial charge in [0.2, 0.25) is 0 Å². The van der Waals surface area contributed by atoms with E-state index in [1.807, 2.05) is 54.6 Å². The maximum Gasteiger partial charge on any atom is 0.323 e. The predicted octanol–water partition coefficient (Wildman–Crippen LogP) is 4.49. The first kappa shape index (κ1) is 22.4. The van der Waals surface area contributed by atoms with Crippen LogP contribution in [0.25, 0.3) is 0 Å². The lowest BCUT2D eigenvalue weighted by atomic mass is 10.0. The Morgan fingerprint density at radius 1 is 0.742 bits per heavy atom. The van der Waals surface area contributed by atoms with E-state index in [1.165, 1.54) is 7.11 Å². The van der Waals surface area contributed by atoms with Crippen LogP contribution in [0.15, 0.2) is 78.9 Å². The van der Waals surface area contributed by atoms with Gasteiger partial charge in [0.25, 0.3) is 0 Å². The summed E-state index contributed by atoms with van der Waals surface area (Å²) in [4.78, 5) is 15.1. The number of ether oxygens (including phenoxy) is 3. The van der Waals surface area contributed by atoms with Gasteiger partial charge in [-0.05, 0) is 35.2 Å². The van der Waals surface area contributed by atoms with E-state index in [0.29, 0.717) is 31.0 Å². The number of esters is 1. The molecule has 0 aliphatic heterocycles. The highest BCUT2D eigenvalue weighted by Gasteiger charge is 2.28. The number of rotatable bonds is 10. The molecule has 0 saturated carbocycles. The van der Waals surface area contributed by atoms with Gasteiger partial charge in [-0.3, -0.25) is 9.69 Å². The third-order valence-corrected chi connectivity index (χ3v) is 5.25. The molecule has 5 heteroatoms. The number of hydrogen-bond donors (Lipinski definition) is 0. The monoisotopic (exact) mass is 419 g/mol. The molecule has 31 heavy (non-hydrogen) atoms. The number of methoxy groups -OCH3 is 3. The zero-order valence-electron chi connectivity index (χ0n) is 18.3. The zero-order chi connectivity index (χ0) is 22.1. The van der Waals surface area contributed by atoms with E-state index < -0.39 is 6.04 Å². The number of carbonyl (C=O) groups is 1. The van der Waals surface area contributed by atoms with E-state index in [2.05, 4.69) is 29.2 Å². The quantitative estimate of drug-likeness (QED) is 0.453. The van der Waals surface area contributed by atoms with Gasteiger partial charge in [0.15, 0.2) is 11.5 Å². The van der Waals surface area contributed by atoms with Crippen molar-refractivity contribution >= 4 is 5.97 Å². The third-order valence-electron chi connectivity index (χ3n) is 5.25. The van der Waals surface area contributed by atoms with E-state index >= 15 is 0 Å². The molecule has 3 rings (SSSR count). The van der Waals surface area contributed by atoms with Gasteiger partial charge in [0.1, 0.15) is 6.04 Å². The molecule has 162 valence electrons. The molecule has 0 bridgehead atoms. The van der Waals surface area contributed by atoms with Gasteiger partial charge in [0.05, 0.1) is 21.3 Å². The van der Waals surface area contributed by atoms with Gasteiger partial charge in [-0.25, -0.2) is 0 Å². The minimum atomic E-state index is -0.455. The smallest absolute Gasteiger partial charge is 0.323 e. The fraction of sp³-hybridized carbons (Fsp3) is 0.269. The Morgan fingerprint density at radius 2 is 1.29 bits per heavy atom. The van der Waals surface area contributed by atoms with Crippen LogP contribution >= 0.6 is 0 Å². The van der Waals surface area contributed by atoms with Crippen LogP contribution in [0.3, 0.4) is 0 Å². The molecule has 3 aromatic rings. The first-order chi connectivity index (χ1) is 15.1. The van der Waals surface area contributed by atoms with Crippen LogP contribution in [0.1, 0.15) is 16.7 Å². The normalized spacial score (nSPS) is 11.7. The van der Waals surface area contributed by atoms with Gasteiger partial charge in [-0.1, -0.05) is 66.7 Å². The van der Waals surface area contributed by atoms with Crippen molar-refractivity contribution in [3.8, 4) is 11.5 Å². The molecule has 1 atom stereocenters. The van der Waals surface area contributed by atoms with Crippen molar-refractivity contribution in [3.63, 3.8) is 0 Å². The first-order valence-corrected chi connectivity index (χ1v) is 10.2. The first-order valence-electron chi connectivity index (χ1n) is 10.2. The van der Waals surface area contributed by atoms with Crippen LogP contribution in [0.5, 0.6) is 11.5 Å². The van der Waals surface area contributed by atoms with E-state index in [0.717, 1.165) is 16.7 Å². The van der Waals surface area contributed by atoms with E-state index in [1.54, 1.807) is 14.2 Å². The lowest BCUT2D eigenvalue weighted by Gasteiger charge is -2.30. The molecular formula is C26H29NO4. The molecule has 0 heterocycles. The van der Waals surface area contributed by atoms with Crippen molar-refractivity contribution in [3.05, 3.63) is 95.6 Å². The van der Waals surface area contributed by atoms with Gasteiger partial charge < -0.3 is 14.2 Å². The molecule has 5 nitrogen and oxygen atoms in total. The summed E-state index contributed by atoms with van der Waals surface area (Å²) in [7, 11) is 4.65. The lowest BCUT2D eigenvalue weighted by Crippen LogP contribution is -2.42. The standard InChI is InChI=1S/C26H29NO4/c1-29-24-15-14-22(17-25(24)30-2)16-23(26(28)31-3)27(18-20-10-6-4-7-11-20)19-21-12-8-5-9-13-21/h4-15,17,23H,16,18-19H2,1-3H3. The third kappa shape index (κ3) is 6.09. The Balaban J connectivity index is 1.93. The molecule has 0 N–H and O–H groups in total. The van der Waals surface area contributed by atoms with Crippen molar-refractivity contribution in [2.24, 2.45) is 0 Å². The highest BCUT2D eigenvalue weighted by molar-refractivity contribution is 5.76. The van der Waals surface area contributed by atoms with Crippen LogP contribution < -0.4 is 9.47 Å². The molecule has 0 radical (unpaired) electrons. The van der Waals surface area contributed by atoms with Crippen LogP contribution in [0.2, 0.25) is 0 Å². The number of nitrogens with zero attached hydrogens (tertiary/aromatic N) is 1. The molecule has 3 aromatic carbocycles. The zero-order valence-corrected chi connectivity index (χ0v) is 18.3. The summed E-state index contributed by atoms with van der Waals surface area (Å²) in [6.45, 7) is 1.26. The molecular weight excluding hydrogens is 390 g/mol. The van der Waals surface area contributed by atoms with Crippen LogP contribution in [0, 0.1) is 0 Å². The molecule has 0 amide bonds. The summed E-state index contributed by atoms with van der Waals surface area (Å²) in [6.07, 6.45) is 0.493. The Kier molecular flexibility index (Phi) is 8.07. The largest absolute Gasteiger partial charge is 0.493 e. The molecule has 0 spiro atoms. The Labute approximate surface area is 184 Å². The highest BCUT2D eigenvalue weighted by Crippen LogP contribution is 2.29. The number of carbonyl (C=O) groups excluding carboxylic acids is 1. The second kappa shape index (κ2) is 11.2. The topological polar surface area (TPSA) is 48.0 Å². The second-order valence-corrected chi connectivity index (χ2v) is 7.31. The molecule has 0 fully saturated rings. The van der Waals surface area contributed by atoms with Gasteiger partial charge in [-0.15, -0.1) is 0 Å². The molecule has 1 unspecified atom stereocenters. The van der Waals surface area contributed by atoms with Crippen molar-refractivity contribution in [2.45, 2.75) is 25.6 Å². The summed E-state index contributed by atoms with van der Waals surface area (Å²) in [6, 6.07) is 25.6. The summed E-state index contributed by atoms with van der Waals surface area (Å²) in [5, 5.41) is 0. The van der Waals surface area contributed by atoms with E-state index in [4.69, 9.17) is 14.2 Å². The minimum absolute atomic E-state index is 0.262. The fourth-order valence-corrected chi connectivity index (χ4v) is 3.64. The summed E-state index contributed by atoms with van der Waals surface area (Å²) >= 11 is 0. The highest BCUT2D eigenvalue weighted by atomic mass is 16.5. The Bertz CT molecular complexity index is 918. The Hall–Kier alpha value is -3.31. The minimum Gasteiger partial charge on any atom is -0.493 e. The van der Waals surface area contributed by atoms with Crippen LogP contribution in [-0.4, -0.2) is 38.2 Å². The molecule has 0 aliphatic carbocycles. The average molecular weight is 420 g/mol. The maximum absolute atomic E-state index is 12.9. The summed E-state index contributed by atoms with van der Waals surface area (Å²) in [5.41, 5.74) is 3.25. The second-order valence-electron chi connectivity index (χ2n) is 7.31. The molecule has 0 aromatic heterocycles. The van der Waals surface area contributed by atoms with Crippen LogP contribution in [-0.2, 0) is 29.0 Å². The molecule has 0 aliphatic rings. The average Bonchev–Trinajstić information content (AvgIpc) is 2.82. The SMILES string of the molecule is COC(=O)C(Cc1ccc(OC)c(OC)c1)N(Cc1ccccc1)Cc1ccccc1. The van der Waals surface area contributed by atoms with E-state index in [9.17, 15) is 4.79 Å².